The Morgan fingerprint density at radius 3 is 2.90 bits per heavy atom. The highest BCUT2D eigenvalue weighted by Crippen LogP contribution is 2.19. The van der Waals surface area contributed by atoms with Gasteiger partial charge < -0.3 is 15.4 Å². The second kappa shape index (κ2) is 9.43. The number of ether oxygens (including phenoxy) is 1. The lowest BCUT2D eigenvalue weighted by Gasteiger charge is -2.29. The van der Waals surface area contributed by atoms with Crippen LogP contribution >= 0.6 is 36.4 Å². The molecule has 1 aromatic heterocycles. The second-order valence-corrected chi connectivity index (χ2v) is 5.19. The van der Waals surface area contributed by atoms with E-state index < -0.39 is 0 Å². The third kappa shape index (κ3) is 5.27. The summed E-state index contributed by atoms with van der Waals surface area (Å²) in [6, 6.07) is 1.61. The minimum Gasteiger partial charge on any atom is -0.383 e. The van der Waals surface area contributed by atoms with Crippen molar-refractivity contribution in [2.24, 2.45) is 0 Å². The number of carbonyl (C=O) groups excluding carboxylic acids is 1. The van der Waals surface area contributed by atoms with Gasteiger partial charge in [0, 0.05) is 26.0 Å². The molecule has 21 heavy (non-hydrogen) atoms. The molecule has 5 nitrogen and oxygen atoms in total. The van der Waals surface area contributed by atoms with Crippen molar-refractivity contribution in [3.05, 3.63) is 29.0 Å². The van der Waals surface area contributed by atoms with Gasteiger partial charge in [-0.25, -0.2) is 0 Å². The van der Waals surface area contributed by atoms with Crippen LogP contribution in [-0.4, -0.2) is 43.2 Å². The van der Waals surface area contributed by atoms with E-state index in [1.54, 1.807) is 19.4 Å². The largest absolute Gasteiger partial charge is 0.383 e. The van der Waals surface area contributed by atoms with Gasteiger partial charge in [-0.05, 0) is 25.5 Å². The molecular formula is C13H20Cl3N3O2. The quantitative estimate of drug-likeness (QED) is 0.848. The predicted molar refractivity (Wildman–Crippen MR) is 87.9 cm³/mol. The maximum Gasteiger partial charge on any atom is 0.252 e. The summed E-state index contributed by atoms with van der Waals surface area (Å²) in [6.07, 6.45) is 5.11. The van der Waals surface area contributed by atoms with Crippen molar-refractivity contribution in [3.8, 4) is 0 Å². The van der Waals surface area contributed by atoms with Gasteiger partial charge in [-0.3, -0.25) is 9.78 Å². The zero-order valence-corrected chi connectivity index (χ0v) is 14.1. The number of nitrogens with one attached hydrogen (secondary N) is 2. The summed E-state index contributed by atoms with van der Waals surface area (Å²) in [6.45, 7) is 2.06. The molecule has 0 saturated carbocycles. The molecule has 2 heterocycles. The minimum atomic E-state index is -0.184. The summed E-state index contributed by atoms with van der Waals surface area (Å²) in [5.74, 6) is -0.184. The maximum atomic E-state index is 12.1. The Balaban J connectivity index is 0.00000200. The van der Waals surface area contributed by atoms with Gasteiger partial charge in [0.25, 0.3) is 5.91 Å². The molecule has 0 bridgehead atoms. The summed E-state index contributed by atoms with van der Waals surface area (Å²) in [5, 5.41) is 6.68. The van der Waals surface area contributed by atoms with E-state index in [4.69, 9.17) is 16.3 Å². The molecule has 1 saturated heterocycles. The van der Waals surface area contributed by atoms with E-state index in [0.29, 0.717) is 23.7 Å². The monoisotopic (exact) mass is 355 g/mol. The summed E-state index contributed by atoms with van der Waals surface area (Å²) in [4.78, 5) is 15.9. The third-order valence-electron chi connectivity index (χ3n) is 3.36. The molecule has 8 heteroatoms. The lowest BCUT2D eigenvalue weighted by Crippen LogP contribution is -2.53. The first-order valence-corrected chi connectivity index (χ1v) is 6.66. The van der Waals surface area contributed by atoms with Crippen LogP contribution in [0, 0.1) is 0 Å². The van der Waals surface area contributed by atoms with E-state index in [0.717, 1.165) is 19.4 Å². The van der Waals surface area contributed by atoms with Gasteiger partial charge in [0.15, 0.2) is 0 Å². The number of halogens is 3. The lowest BCUT2D eigenvalue weighted by atomic mass is 9.98. The van der Waals surface area contributed by atoms with Gasteiger partial charge in [0.05, 0.1) is 22.7 Å². The Morgan fingerprint density at radius 2 is 2.33 bits per heavy atom. The highest BCUT2D eigenvalue weighted by molar-refractivity contribution is 6.33. The molecule has 1 aliphatic heterocycles. The molecule has 0 spiro atoms. The standard InChI is InChI=1S/C13H18ClN3O2.2ClH/c1-19-9-13(4-2-5-17-13)8-16-12(18)10-3-6-15-7-11(10)14;;/h3,6-7,17H,2,4-5,8-9H2,1H3,(H,16,18);2*1H. The van der Waals surface area contributed by atoms with Crippen LogP contribution in [0.5, 0.6) is 0 Å². The summed E-state index contributed by atoms with van der Waals surface area (Å²) < 4.78 is 5.24. The molecule has 2 rings (SSSR count). The SMILES string of the molecule is COCC1(CNC(=O)c2ccncc2Cl)CCCN1.Cl.Cl. The van der Waals surface area contributed by atoms with E-state index in [1.165, 1.54) is 6.20 Å². The number of pyridine rings is 1. The number of nitrogens with zero attached hydrogens (tertiary/aromatic N) is 1. The molecule has 0 aromatic carbocycles. The van der Waals surface area contributed by atoms with Crippen molar-refractivity contribution in [3.63, 3.8) is 0 Å². The van der Waals surface area contributed by atoms with Crippen LogP contribution in [0.2, 0.25) is 5.02 Å². The summed E-state index contributed by atoms with van der Waals surface area (Å²) in [5.41, 5.74) is 0.284. The van der Waals surface area contributed by atoms with Crippen LogP contribution in [0.4, 0.5) is 0 Å². The molecule has 1 unspecified atom stereocenters. The molecule has 0 radical (unpaired) electrons. The smallest absolute Gasteiger partial charge is 0.252 e. The third-order valence-corrected chi connectivity index (χ3v) is 3.66. The van der Waals surface area contributed by atoms with Gasteiger partial charge in [0.2, 0.25) is 0 Å². The molecule has 1 fully saturated rings. The Morgan fingerprint density at radius 1 is 1.57 bits per heavy atom. The normalized spacial score (nSPS) is 20.3. The fourth-order valence-corrected chi connectivity index (χ4v) is 2.58. The van der Waals surface area contributed by atoms with Crippen LogP contribution in [-0.2, 0) is 4.74 Å². The first-order valence-electron chi connectivity index (χ1n) is 6.28. The lowest BCUT2D eigenvalue weighted by molar-refractivity contribution is 0.0892. The number of hydrogen-bond acceptors (Lipinski definition) is 4. The van der Waals surface area contributed by atoms with Gasteiger partial charge in [-0.15, -0.1) is 24.8 Å². The predicted octanol–water partition coefficient (Wildman–Crippen LogP) is 2.08. The fraction of sp³-hybridized carbons (Fsp3) is 0.538. The van der Waals surface area contributed by atoms with Crippen molar-refractivity contribution in [2.75, 3.05) is 26.8 Å². The Kier molecular flexibility index (Phi) is 9.17. The number of methoxy groups -OCH3 is 1. The fourth-order valence-electron chi connectivity index (χ4n) is 2.37. The molecule has 1 amide bonds. The van der Waals surface area contributed by atoms with Crippen molar-refractivity contribution >= 4 is 42.3 Å². The number of carbonyl (C=O) groups is 1. The van der Waals surface area contributed by atoms with Gasteiger partial charge in [0.1, 0.15) is 0 Å². The molecule has 2 N–H and O–H groups in total. The van der Waals surface area contributed by atoms with Crippen molar-refractivity contribution in [1.29, 1.82) is 0 Å². The van der Waals surface area contributed by atoms with Crippen LogP contribution in [0.25, 0.3) is 0 Å². The molecule has 1 aromatic rings. The number of amides is 1. The van der Waals surface area contributed by atoms with E-state index >= 15 is 0 Å². The van der Waals surface area contributed by atoms with Crippen LogP contribution in [0.15, 0.2) is 18.5 Å². The topological polar surface area (TPSA) is 63.2 Å². The first-order chi connectivity index (χ1) is 9.17. The molecular weight excluding hydrogens is 337 g/mol. The van der Waals surface area contributed by atoms with Crippen LogP contribution in [0.1, 0.15) is 23.2 Å². The van der Waals surface area contributed by atoms with E-state index in [2.05, 4.69) is 15.6 Å². The van der Waals surface area contributed by atoms with Crippen molar-refractivity contribution in [1.82, 2.24) is 15.6 Å². The number of aromatic nitrogens is 1. The van der Waals surface area contributed by atoms with Crippen LogP contribution < -0.4 is 10.6 Å². The van der Waals surface area contributed by atoms with E-state index in [-0.39, 0.29) is 36.3 Å². The van der Waals surface area contributed by atoms with Crippen molar-refractivity contribution < 1.29 is 9.53 Å². The van der Waals surface area contributed by atoms with Crippen LogP contribution in [0.3, 0.4) is 0 Å². The average Bonchev–Trinajstić information content (AvgIpc) is 2.86. The molecule has 120 valence electrons. The second-order valence-electron chi connectivity index (χ2n) is 4.78. The minimum absolute atomic E-state index is 0. The Hall–Kier alpha value is -0.590. The van der Waals surface area contributed by atoms with E-state index in [1.807, 2.05) is 0 Å². The van der Waals surface area contributed by atoms with Gasteiger partial charge in [-0.2, -0.15) is 0 Å². The summed E-state index contributed by atoms with van der Waals surface area (Å²) >= 11 is 5.95. The maximum absolute atomic E-state index is 12.1. The Bertz CT molecular complexity index is 454. The molecule has 1 atom stereocenters. The summed E-state index contributed by atoms with van der Waals surface area (Å²) in [7, 11) is 1.67. The highest BCUT2D eigenvalue weighted by Gasteiger charge is 2.33. The molecule has 1 aliphatic rings. The van der Waals surface area contributed by atoms with Crippen molar-refractivity contribution in [2.45, 2.75) is 18.4 Å². The first kappa shape index (κ1) is 20.4. The zero-order chi connectivity index (χ0) is 13.7. The average molecular weight is 357 g/mol. The highest BCUT2D eigenvalue weighted by atomic mass is 35.5. The van der Waals surface area contributed by atoms with Gasteiger partial charge >= 0.3 is 0 Å². The number of rotatable bonds is 5. The Labute approximate surface area is 142 Å². The number of hydrogen-bond donors (Lipinski definition) is 2. The van der Waals surface area contributed by atoms with E-state index in [9.17, 15) is 4.79 Å². The molecule has 0 aliphatic carbocycles. The van der Waals surface area contributed by atoms with Gasteiger partial charge in [-0.1, -0.05) is 11.6 Å². The zero-order valence-electron chi connectivity index (χ0n) is 11.7.